The zero-order chi connectivity index (χ0) is 22.3. The topological polar surface area (TPSA) is 63.7 Å². The number of nitrogens with zero attached hydrogens (tertiary/aromatic N) is 2. The van der Waals surface area contributed by atoms with E-state index in [9.17, 15) is 4.79 Å². The van der Waals surface area contributed by atoms with Crippen molar-refractivity contribution < 1.29 is 14.3 Å². The Morgan fingerprint density at radius 1 is 1.09 bits per heavy atom. The summed E-state index contributed by atoms with van der Waals surface area (Å²) in [5, 5.41) is 5.22. The van der Waals surface area contributed by atoms with Crippen molar-refractivity contribution >= 4 is 22.5 Å². The van der Waals surface area contributed by atoms with Crippen molar-refractivity contribution in [3.63, 3.8) is 0 Å². The molecule has 1 fully saturated rings. The smallest absolute Gasteiger partial charge is 0.220 e. The van der Waals surface area contributed by atoms with Gasteiger partial charge in [0.15, 0.2) is 0 Å². The molecule has 0 bridgehead atoms. The molecule has 1 N–H and O–H groups in total. The minimum absolute atomic E-state index is 0.0198. The van der Waals surface area contributed by atoms with Gasteiger partial charge in [0.25, 0.3) is 0 Å². The average molecular weight is 434 g/mol. The van der Waals surface area contributed by atoms with Crippen LogP contribution in [0.2, 0.25) is 0 Å². The first-order valence-electron chi connectivity index (χ1n) is 11.3. The fraction of sp³-hybridized carbons (Fsp3) is 0.385. The van der Waals surface area contributed by atoms with E-state index < -0.39 is 0 Å². The molecule has 6 nitrogen and oxygen atoms in total. The molecule has 2 atom stereocenters. The zero-order valence-electron chi connectivity index (χ0n) is 18.8. The maximum atomic E-state index is 12.2. The van der Waals surface area contributed by atoms with Gasteiger partial charge in [0.1, 0.15) is 11.6 Å². The summed E-state index contributed by atoms with van der Waals surface area (Å²) >= 11 is 0. The number of benzene rings is 2. The van der Waals surface area contributed by atoms with E-state index >= 15 is 0 Å². The molecule has 1 aliphatic heterocycles. The molecule has 1 amide bonds. The number of carbonyl (C=O) groups is 1. The largest absolute Gasteiger partial charge is 0.493 e. The van der Waals surface area contributed by atoms with E-state index in [2.05, 4.69) is 47.2 Å². The van der Waals surface area contributed by atoms with Crippen molar-refractivity contribution in [2.45, 2.75) is 45.4 Å². The number of morpholine rings is 1. The number of fused-ring (bicyclic) bond motifs is 1. The van der Waals surface area contributed by atoms with Crippen LogP contribution in [-0.4, -0.2) is 42.8 Å². The number of amides is 1. The summed E-state index contributed by atoms with van der Waals surface area (Å²) in [7, 11) is 0. The van der Waals surface area contributed by atoms with Gasteiger partial charge in [-0.05, 0) is 43.4 Å². The van der Waals surface area contributed by atoms with Gasteiger partial charge in [0, 0.05) is 37.6 Å². The Morgan fingerprint density at radius 2 is 1.88 bits per heavy atom. The van der Waals surface area contributed by atoms with Gasteiger partial charge in [-0.1, -0.05) is 42.5 Å². The lowest BCUT2D eigenvalue weighted by atomic mass is 10.1. The van der Waals surface area contributed by atoms with Crippen LogP contribution in [0, 0.1) is 0 Å². The van der Waals surface area contributed by atoms with Crippen LogP contribution >= 0.6 is 0 Å². The first-order chi connectivity index (χ1) is 15.6. The van der Waals surface area contributed by atoms with E-state index in [1.807, 2.05) is 42.6 Å². The molecule has 0 radical (unpaired) electrons. The number of aromatic nitrogens is 1. The molecule has 0 saturated carbocycles. The molecule has 1 aliphatic rings. The lowest BCUT2D eigenvalue weighted by Crippen LogP contribution is -2.45. The second-order valence-electron chi connectivity index (χ2n) is 8.39. The predicted octanol–water partition coefficient (Wildman–Crippen LogP) is 4.32. The summed E-state index contributed by atoms with van der Waals surface area (Å²) in [6, 6.07) is 18.2. The fourth-order valence-electron chi connectivity index (χ4n) is 4.10. The number of ether oxygens (including phenoxy) is 2. The van der Waals surface area contributed by atoms with E-state index in [1.165, 1.54) is 0 Å². The van der Waals surface area contributed by atoms with Gasteiger partial charge in [-0.25, -0.2) is 4.98 Å². The van der Waals surface area contributed by atoms with Crippen LogP contribution in [0.3, 0.4) is 0 Å². The molecule has 1 saturated heterocycles. The van der Waals surface area contributed by atoms with Crippen LogP contribution in [0.4, 0.5) is 5.82 Å². The zero-order valence-corrected chi connectivity index (χ0v) is 18.8. The van der Waals surface area contributed by atoms with Gasteiger partial charge < -0.3 is 19.7 Å². The van der Waals surface area contributed by atoms with Crippen LogP contribution < -0.4 is 15.0 Å². The molecule has 0 spiro atoms. The number of pyridine rings is 1. The molecular weight excluding hydrogens is 402 g/mol. The predicted molar refractivity (Wildman–Crippen MR) is 127 cm³/mol. The molecule has 2 unspecified atom stereocenters. The minimum Gasteiger partial charge on any atom is -0.493 e. The van der Waals surface area contributed by atoms with E-state index in [-0.39, 0.29) is 18.1 Å². The molecule has 2 aromatic carbocycles. The first kappa shape index (κ1) is 22.1. The number of hydrogen-bond donors (Lipinski definition) is 1. The number of carbonyl (C=O) groups excluding carboxylic acids is 1. The maximum Gasteiger partial charge on any atom is 0.220 e. The molecule has 6 heteroatoms. The molecular formula is C26H31N3O3. The number of nitrogens with one attached hydrogen (secondary N) is 1. The summed E-state index contributed by atoms with van der Waals surface area (Å²) in [4.78, 5) is 19.0. The molecule has 2 heterocycles. The van der Waals surface area contributed by atoms with Crippen LogP contribution in [-0.2, 0) is 16.1 Å². The summed E-state index contributed by atoms with van der Waals surface area (Å²) in [5.41, 5.74) is 0.989. The molecule has 1 aromatic heterocycles. The molecule has 168 valence electrons. The van der Waals surface area contributed by atoms with Crippen LogP contribution in [0.25, 0.3) is 10.8 Å². The van der Waals surface area contributed by atoms with Gasteiger partial charge in [0.05, 0.1) is 18.8 Å². The van der Waals surface area contributed by atoms with Crippen LogP contribution in [0.5, 0.6) is 5.75 Å². The van der Waals surface area contributed by atoms with Crippen molar-refractivity contribution in [1.29, 1.82) is 0 Å². The van der Waals surface area contributed by atoms with Crippen molar-refractivity contribution in [2.75, 3.05) is 24.6 Å². The molecule has 4 rings (SSSR count). The normalized spacial score (nSPS) is 18.5. The maximum absolute atomic E-state index is 12.2. The molecule has 3 aromatic rings. The van der Waals surface area contributed by atoms with Crippen LogP contribution in [0.1, 0.15) is 32.3 Å². The lowest BCUT2D eigenvalue weighted by Gasteiger charge is -2.36. The Morgan fingerprint density at radius 3 is 2.66 bits per heavy atom. The lowest BCUT2D eigenvalue weighted by molar-refractivity contribution is -0.121. The Labute approximate surface area is 189 Å². The van der Waals surface area contributed by atoms with Gasteiger partial charge in [0.2, 0.25) is 5.91 Å². The summed E-state index contributed by atoms with van der Waals surface area (Å²) < 4.78 is 11.7. The molecule has 0 aliphatic carbocycles. The van der Waals surface area contributed by atoms with Gasteiger partial charge in [-0.2, -0.15) is 0 Å². The van der Waals surface area contributed by atoms with Crippen molar-refractivity contribution in [3.05, 3.63) is 66.4 Å². The van der Waals surface area contributed by atoms with E-state index in [4.69, 9.17) is 9.47 Å². The Balaban J connectivity index is 1.19. The summed E-state index contributed by atoms with van der Waals surface area (Å²) in [6.45, 7) is 6.84. The quantitative estimate of drug-likeness (QED) is 0.536. The Kier molecular flexibility index (Phi) is 7.22. The number of anilines is 1. The average Bonchev–Trinajstić information content (AvgIpc) is 2.80. The Hall–Kier alpha value is -3.12. The second kappa shape index (κ2) is 10.5. The first-order valence-corrected chi connectivity index (χ1v) is 11.3. The Bertz CT molecular complexity index is 1020. The highest BCUT2D eigenvalue weighted by molar-refractivity contribution is 5.88. The highest BCUT2D eigenvalue weighted by atomic mass is 16.5. The van der Waals surface area contributed by atoms with Crippen molar-refractivity contribution in [2.24, 2.45) is 0 Å². The van der Waals surface area contributed by atoms with Crippen molar-refractivity contribution in [3.8, 4) is 5.75 Å². The third kappa shape index (κ3) is 5.77. The fourth-order valence-corrected chi connectivity index (χ4v) is 4.10. The van der Waals surface area contributed by atoms with E-state index in [0.29, 0.717) is 26.0 Å². The molecule has 32 heavy (non-hydrogen) atoms. The second-order valence-corrected chi connectivity index (χ2v) is 8.39. The van der Waals surface area contributed by atoms with Gasteiger partial charge in [-0.3, -0.25) is 4.79 Å². The van der Waals surface area contributed by atoms with E-state index in [0.717, 1.165) is 41.0 Å². The van der Waals surface area contributed by atoms with Gasteiger partial charge >= 0.3 is 0 Å². The third-order valence-electron chi connectivity index (χ3n) is 5.60. The highest BCUT2D eigenvalue weighted by Gasteiger charge is 2.22. The van der Waals surface area contributed by atoms with Crippen molar-refractivity contribution in [1.82, 2.24) is 10.3 Å². The summed E-state index contributed by atoms with van der Waals surface area (Å²) in [6.07, 6.45) is 3.33. The standard InChI is InChI=1S/C26H31N3O3/c1-19-17-29(18-20(2)32-19)25-13-12-21(15-27-25)16-28-26(30)11-6-14-31-24-10-5-8-22-7-3-4-9-23(22)24/h3-5,7-10,12-13,15,19-20H,6,11,14,16-18H2,1-2H3,(H,28,30). The number of hydrogen-bond acceptors (Lipinski definition) is 5. The monoisotopic (exact) mass is 433 g/mol. The van der Waals surface area contributed by atoms with E-state index in [1.54, 1.807) is 0 Å². The number of rotatable bonds is 8. The van der Waals surface area contributed by atoms with Gasteiger partial charge in [-0.15, -0.1) is 0 Å². The summed E-state index contributed by atoms with van der Waals surface area (Å²) in [5.74, 6) is 1.83. The third-order valence-corrected chi connectivity index (χ3v) is 5.60. The minimum atomic E-state index is 0.0198. The highest BCUT2D eigenvalue weighted by Crippen LogP contribution is 2.25. The SMILES string of the molecule is CC1CN(c2ccc(CNC(=O)CCCOc3cccc4ccccc34)cn2)CC(C)O1. The van der Waals surface area contributed by atoms with Crippen LogP contribution in [0.15, 0.2) is 60.8 Å².